The van der Waals surface area contributed by atoms with E-state index >= 15 is 0 Å². The fourth-order valence-electron chi connectivity index (χ4n) is 11.0. The molecule has 0 unspecified atom stereocenters. The van der Waals surface area contributed by atoms with Gasteiger partial charge in [0.1, 0.15) is 0 Å². The summed E-state index contributed by atoms with van der Waals surface area (Å²) in [7, 11) is 0. The number of benzene rings is 6. The lowest BCUT2D eigenvalue weighted by Gasteiger charge is -2.37. The Balaban J connectivity index is 1.53. The van der Waals surface area contributed by atoms with Crippen LogP contribution in [0.15, 0.2) is 91.0 Å². The largest absolute Gasteiger partial charge is 0.375 e. The maximum absolute atomic E-state index is 2.85. The van der Waals surface area contributed by atoms with Crippen LogP contribution in [0.1, 0.15) is 128 Å². The summed E-state index contributed by atoms with van der Waals surface area (Å²) in [4.78, 5) is 0. The van der Waals surface area contributed by atoms with Crippen molar-refractivity contribution in [3.8, 4) is 39.2 Å². The van der Waals surface area contributed by atoms with Crippen molar-refractivity contribution in [2.45, 2.75) is 132 Å². The van der Waals surface area contributed by atoms with Gasteiger partial charge in [-0.3, -0.25) is 0 Å². The van der Waals surface area contributed by atoms with E-state index < -0.39 is 0 Å². The average Bonchev–Trinajstić information content (AvgIpc) is 3.66. The molecule has 2 aliphatic heterocycles. The third kappa shape index (κ3) is 5.68. The van der Waals surface area contributed by atoms with E-state index in [-0.39, 0.29) is 28.5 Å². The number of fused-ring (bicyclic) bond motifs is 7. The van der Waals surface area contributed by atoms with Crippen LogP contribution in [-0.2, 0) is 21.7 Å². The molecule has 0 N–H and O–H groups in total. The van der Waals surface area contributed by atoms with Crippen LogP contribution in [0, 0.1) is 27.7 Å². The highest BCUT2D eigenvalue weighted by Crippen LogP contribution is 2.52. The van der Waals surface area contributed by atoms with Gasteiger partial charge in [-0.15, -0.1) is 0 Å². The molecular formula is C58H63BN2. The first-order chi connectivity index (χ1) is 28.5. The van der Waals surface area contributed by atoms with Crippen molar-refractivity contribution in [1.82, 2.24) is 9.05 Å². The lowest BCUT2D eigenvalue weighted by atomic mass is 9.45. The van der Waals surface area contributed by atoms with Crippen LogP contribution in [-0.4, -0.2) is 15.9 Å². The summed E-state index contributed by atoms with van der Waals surface area (Å²) in [6, 6.07) is 36.5. The first-order valence-electron chi connectivity index (χ1n) is 22.6. The molecule has 3 heteroatoms. The predicted molar refractivity (Wildman–Crippen MR) is 267 cm³/mol. The molecule has 4 heterocycles. The van der Waals surface area contributed by atoms with Crippen molar-refractivity contribution in [2.24, 2.45) is 0 Å². The Labute approximate surface area is 365 Å². The Hall–Kier alpha value is -5.28. The molecular weight excluding hydrogens is 735 g/mol. The SMILES string of the molecule is Cc1cccc(C)c1-c1c(-c2c(C)cccc2C)n2c3c(cc(C(C)(C)C)cc13)-c1cc(C(C)(C)C)cc3c1B2c1cc(C(C)(C)C)cc2c4cc(C(C)(C)C)ccc4n-3c12. The van der Waals surface area contributed by atoms with Crippen LogP contribution in [0.25, 0.3) is 71.9 Å². The fraction of sp³-hybridized carbons (Fsp3) is 0.345. The smallest absolute Gasteiger partial charge is 0.333 e. The van der Waals surface area contributed by atoms with Gasteiger partial charge < -0.3 is 9.05 Å². The standard InChI is InChI=1S/C58H63BN2/c1-32-19-17-20-33(2)48(32)50-44-29-37(56(8,9)10)27-43-41-26-39(58(14,15)16)31-47-51(41)59(61(52(43)44)54(50)49-34(3)21-18-22-35(49)4)45-30-38(57(11,12)13)28-42-40-25-36(55(5,6)7)23-24-46(40)60(47)53(42)45/h17-31H,1-16H3. The van der Waals surface area contributed by atoms with Gasteiger partial charge in [0.15, 0.2) is 0 Å². The van der Waals surface area contributed by atoms with Crippen LogP contribution in [0.3, 0.4) is 0 Å². The van der Waals surface area contributed by atoms with Crippen LogP contribution < -0.4 is 10.9 Å². The molecule has 8 aromatic rings. The second-order valence-electron chi connectivity index (χ2n) is 22.9. The first-order valence-corrected chi connectivity index (χ1v) is 22.6. The van der Waals surface area contributed by atoms with Crippen molar-refractivity contribution in [3.05, 3.63) is 136 Å². The Bertz CT molecular complexity index is 3160. The Morgan fingerprint density at radius 3 is 1.49 bits per heavy atom. The fourth-order valence-corrected chi connectivity index (χ4v) is 11.0. The van der Waals surface area contributed by atoms with E-state index in [9.17, 15) is 0 Å². The number of aryl methyl sites for hydroxylation is 4. The second kappa shape index (κ2) is 12.7. The van der Waals surface area contributed by atoms with Crippen molar-refractivity contribution in [2.75, 3.05) is 0 Å². The molecule has 0 radical (unpaired) electrons. The highest BCUT2D eigenvalue weighted by atomic mass is 15.0. The zero-order valence-corrected chi connectivity index (χ0v) is 39.6. The third-order valence-electron chi connectivity index (χ3n) is 14.4. The summed E-state index contributed by atoms with van der Waals surface area (Å²) in [6.07, 6.45) is 0. The Morgan fingerprint density at radius 2 is 0.918 bits per heavy atom. The molecule has 2 aliphatic rings. The van der Waals surface area contributed by atoms with Crippen LogP contribution >= 0.6 is 0 Å². The van der Waals surface area contributed by atoms with Gasteiger partial charge in [-0.05, 0) is 152 Å². The second-order valence-corrected chi connectivity index (χ2v) is 22.9. The van der Waals surface area contributed by atoms with E-state index in [0.29, 0.717) is 0 Å². The average molecular weight is 799 g/mol. The minimum absolute atomic E-state index is 0.0246. The minimum atomic E-state index is -0.0656. The quantitative estimate of drug-likeness (QED) is 0.154. The normalized spacial score (nSPS) is 13.9. The Kier molecular flexibility index (Phi) is 8.26. The summed E-state index contributed by atoms with van der Waals surface area (Å²) in [5.74, 6) is 0. The van der Waals surface area contributed by atoms with E-state index in [1.165, 1.54) is 127 Å². The molecule has 308 valence electrons. The van der Waals surface area contributed by atoms with E-state index in [0.717, 1.165) is 0 Å². The van der Waals surface area contributed by atoms with E-state index in [1.807, 2.05) is 0 Å². The molecule has 10 rings (SSSR count). The number of hydrogen-bond acceptors (Lipinski definition) is 0. The molecule has 0 aliphatic carbocycles. The Morgan fingerprint density at radius 1 is 0.426 bits per heavy atom. The number of nitrogens with zero attached hydrogens (tertiary/aromatic N) is 2. The highest BCUT2D eigenvalue weighted by molar-refractivity contribution is 6.90. The van der Waals surface area contributed by atoms with Crippen molar-refractivity contribution in [1.29, 1.82) is 0 Å². The van der Waals surface area contributed by atoms with Crippen LogP contribution in [0.5, 0.6) is 0 Å². The first kappa shape index (κ1) is 39.8. The lowest BCUT2D eigenvalue weighted by molar-refractivity contribution is 0.589. The monoisotopic (exact) mass is 799 g/mol. The molecule has 0 atom stereocenters. The van der Waals surface area contributed by atoms with Crippen molar-refractivity contribution >= 4 is 50.5 Å². The number of rotatable bonds is 2. The van der Waals surface area contributed by atoms with Gasteiger partial charge >= 0.3 is 6.85 Å². The molecule has 61 heavy (non-hydrogen) atoms. The number of hydrogen-bond donors (Lipinski definition) is 0. The van der Waals surface area contributed by atoms with E-state index in [2.05, 4.69) is 211 Å². The molecule has 0 bridgehead atoms. The topological polar surface area (TPSA) is 9.86 Å². The summed E-state index contributed by atoms with van der Waals surface area (Å²) in [6.45, 7) is 37.7. The van der Waals surface area contributed by atoms with Gasteiger partial charge in [0.05, 0.1) is 11.0 Å². The minimum Gasteiger partial charge on any atom is -0.375 e. The van der Waals surface area contributed by atoms with Gasteiger partial charge in [0.2, 0.25) is 0 Å². The molecule has 0 amide bonds. The predicted octanol–water partition coefficient (Wildman–Crippen LogP) is 14.4. The van der Waals surface area contributed by atoms with Crippen LogP contribution in [0.4, 0.5) is 0 Å². The maximum atomic E-state index is 2.85. The summed E-state index contributed by atoms with van der Waals surface area (Å²) in [5, 5.41) is 4.06. The summed E-state index contributed by atoms with van der Waals surface area (Å²) < 4.78 is 5.52. The van der Waals surface area contributed by atoms with Gasteiger partial charge in [-0.25, -0.2) is 0 Å². The molecule has 0 saturated carbocycles. The van der Waals surface area contributed by atoms with Crippen LogP contribution in [0.2, 0.25) is 0 Å². The van der Waals surface area contributed by atoms with Gasteiger partial charge in [0, 0.05) is 49.7 Å². The zero-order chi connectivity index (χ0) is 43.6. The lowest BCUT2D eigenvalue weighted by Crippen LogP contribution is -2.56. The molecule has 0 spiro atoms. The molecule has 2 nitrogen and oxygen atoms in total. The van der Waals surface area contributed by atoms with Crippen molar-refractivity contribution < 1.29 is 0 Å². The zero-order valence-electron chi connectivity index (χ0n) is 39.6. The highest BCUT2D eigenvalue weighted by Gasteiger charge is 2.45. The summed E-state index contributed by atoms with van der Waals surface area (Å²) >= 11 is 0. The molecule has 0 saturated heterocycles. The molecule has 6 aromatic carbocycles. The van der Waals surface area contributed by atoms with Gasteiger partial charge in [-0.2, -0.15) is 0 Å². The van der Waals surface area contributed by atoms with Crippen molar-refractivity contribution in [3.63, 3.8) is 0 Å². The third-order valence-corrected chi connectivity index (χ3v) is 14.4. The number of aromatic nitrogens is 2. The van der Waals surface area contributed by atoms with Gasteiger partial charge in [-0.1, -0.05) is 138 Å². The summed E-state index contributed by atoms with van der Waals surface area (Å²) in [5.41, 5.74) is 26.9. The van der Waals surface area contributed by atoms with E-state index in [4.69, 9.17) is 0 Å². The maximum Gasteiger partial charge on any atom is 0.333 e. The molecule has 0 fully saturated rings. The van der Waals surface area contributed by atoms with E-state index in [1.54, 1.807) is 0 Å². The van der Waals surface area contributed by atoms with Gasteiger partial charge in [0.25, 0.3) is 0 Å². The molecule has 2 aromatic heterocycles.